The molecule has 2 aromatic carbocycles. The molecule has 0 spiro atoms. The van der Waals surface area contributed by atoms with E-state index in [0.29, 0.717) is 31.5 Å². The highest BCUT2D eigenvalue weighted by Gasteiger charge is 2.34. The van der Waals surface area contributed by atoms with Gasteiger partial charge in [0.1, 0.15) is 0 Å². The van der Waals surface area contributed by atoms with E-state index in [9.17, 15) is 4.79 Å². The summed E-state index contributed by atoms with van der Waals surface area (Å²) in [5, 5.41) is 1.14. The summed E-state index contributed by atoms with van der Waals surface area (Å²) in [6, 6.07) is 17.3. The lowest BCUT2D eigenvalue weighted by Gasteiger charge is -2.31. The van der Waals surface area contributed by atoms with Crippen LogP contribution in [0.3, 0.4) is 0 Å². The lowest BCUT2D eigenvalue weighted by atomic mass is 9.81. The van der Waals surface area contributed by atoms with Crippen molar-refractivity contribution in [3.63, 3.8) is 0 Å². The maximum absolute atomic E-state index is 13.6. The molecular formula is C37H48N6O. The number of carbonyl (C=O) groups excluding carboxylic acids is 1. The highest BCUT2D eigenvalue weighted by Crippen LogP contribution is 2.39. The average Bonchev–Trinajstić information content (AvgIpc) is 3.66. The number of nitrogens with two attached hydrogens (primary N) is 1. The molecule has 0 aliphatic carbocycles. The molecule has 1 aliphatic rings. The molecule has 1 amide bonds. The predicted octanol–water partition coefficient (Wildman–Crippen LogP) is 6.90. The van der Waals surface area contributed by atoms with E-state index in [-0.39, 0.29) is 11.8 Å². The van der Waals surface area contributed by atoms with Crippen molar-refractivity contribution >= 4 is 22.8 Å². The highest BCUT2D eigenvalue weighted by atomic mass is 16.2. The number of pyridine rings is 1. The molecule has 7 nitrogen and oxygen atoms in total. The summed E-state index contributed by atoms with van der Waals surface area (Å²) in [4.78, 5) is 30.6. The van der Waals surface area contributed by atoms with Crippen LogP contribution in [-0.4, -0.2) is 64.4 Å². The monoisotopic (exact) mass is 592 g/mol. The smallest absolute Gasteiger partial charge is 0.232 e. The number of guanidine groups is 1. The molecule has 0 saturated carbocycles. The zero-order chi connectivity index (χ0) is 31.6. The van der Waals surface area contributed by atoms with Gasteiger partial charge in [0, 0.05) is 67.9 Å². The number of fused-ring (bicyclic) bond motifs is 1. The molecule has 1 fully saturated rings. The van der Waals surface area contributed by atoms with Crippen LogP contribution in [0.4, 0.5) is 0 Å². The van der Waals surface area contributed by atoms with Crippen LogP contribution in [0.5, 0.6) is 0 Å². The number of nitrogens with one attached hydrogen (secondary N) is 1. The second kappa shape index (κ2) is 12.8. The Bertz CT molecular complexity index is 1630. The minimum absolute atomic E-state index is 0.0913. The predicted molar refractivity (Wildman–Crippen MR) is 182 cm³/mol. The standard InChI is InChI=1S/C37H48N6O/c1-8-42(9-2)35(44)37(6,7)30-10-11-32-31(21-30)33(34(41-32)29-19-24(3)18-25(4)20-29)26(5)22-40-36(38)43-17-14-28(23-43)27-12-15-39-16-13-27/h10-13,15-16,18-21,26,28,41H,8-9,14,17,22-23H2,1-7H3,(H2,38,40)/t26-,28?/m1/s1. The van der Waals surface area contributed by atoms with Crippen molar-refractivity contribution in [1.82, 2.24) is 19.8 Å². The van der Waals surface area contributed by atoms with E-state index in [0.717, 1.165) is 47.2 Å². The number of amides is 1. The SMILES string of the molecule is CCN(CC)C(=O)C(C)(C)c1ccc2[nH]c(-c3cc(C)cc(C)c3)c([C@H](C)CN=C(N)N3CCC(c4ccncc4)C3)c2c1. The van der Waals surface area contributed by atoms with Gasteiger partial charge < -0.3 is 20.5 Å². The third-order valence-electron chi connectivity index (χ3n) is 9.37. The number of rotatable bonds is 9. The first-order valence-corrected chi connectivity index (χ1v) is 16.0. The van der Waals surface area contributed by atoms with Crippen molar-refractivity contribution in [2.45, 2.75) is 72.1 Å². The van der Waals surface area contributed by atoms with Crippen LogP contribution in [0.2, 0.25) is 0 Å². The largest absolute Gasteiger partial charge is 0.370 e. The minimum atomic E-state index is -0.651. The minimum Gasteiger partial charge on any atom is -0.370 e. The summed E-state index contributed by atoms with van der Waals surface area (Å²) in [6.45, 7) is 18.4. The van der Waals surface area contributed by atoms with Crippen LogP contribution in [0.25, 0.3) is 22.2 Å². The molecule has 7 heteroatoms. The summed E-state index contributed by atoms with van der Waals surface area (Å²) in [6.07, 6.45) is 4.77. The molecule has 0 radical (unpaired) electrons. The van der Waals surface area contributed by atoms with Gasteiger partial charge in [-0.15, -0.1) is 0 Å². The van der Waals surface area contributed by atoms with Crippen molar-refractivity contribution in [3.05, 3.63) is 88.7 Å². The molecule has 2 aromatic heterocycles. The van der Waals surface area contributed by atoms with Gasteiger partial charge in [0.25, 0.3) is 0 Å². The van der Waals surface area contributed by atoms with E-state index in [1.54, 1.807) is 0 Å². The Balaban J connectivity index is 1.50. The summed E-state index contributed by atoms with van der Waals surface area (Å²) in [5.41, 5.74) is 15.3. The average molecular weight is 593 g/mol. The number of aromatic amines is 1. The Morgan fingerprint density at radius 1 is 1.09 bits per heavy atom. The van der Waals surface area contributed by atoms with Crippen molar-refractivity contribution in [2.24, 2.45) is 10.7 Å². The number of H-pyrrole nitrogens is 1. The maximum atomic E-state index is 13.6. The molecular weight excluding hydrogens is 544 g/mol. The van der Waals surface area contributed by atoms with Gasteiger partial charge in [-0.2, -0.15) is 0 Å². The zero-order valence-electron chi connectivity index (χ0n) is 27.4. The third kappa shape index (κ3) is 6.23. The first-order chi connectivity index (χ1) is 21.0. The number of benzene rings is 2. The summed E-state index contributed by atoms with van der Waals surface area (Å²) in [7, 11) is 0. The van der Waals surface area contributed by atoms with Gasteiger partial charge in [0.15, 0.2) is 5.96 Å². The Morgan fingerprint density at radius 3 is 2.43 bits per heavy atom. The quantitative estimate of drug-likeness (QED) is 0.163. The van der Waals surface area contributed by atoms with Gasteiger partial charge in [0.2, 0.25) is 5.91 Å². The number of aliphatic imine (C=N–C) groups is 1. The molecule has 1 saturated heterocycles. The molecule has 0 bridgehead atoms. The molecule has 1 unspecified atom stereocenters. The number of nitrogens with zero attached hydrogens (tertiary/aromatic N) is 4. The van der Waals surface area contributed by atoms with Gasteiger partial charge in [-0.25, -0.2) is 0 Å². The fraction of sp³-hybridized carbons (Fsp3) is 0.432. The van der Waals surface area contributed by atoms with Gasteiger partial charge in [-0.05, 0) is 107 Å². The van der Waals surface area contributed by atoms with Crippen LogP contribution in [-0.2, 0) is 10.2 Å². The van der Waals surface area contributed by atoms with E-state index >= 15 is 0 Å². The number of hydrogen-bond acceptors (Lipinski definition) is 3. The Hall–Kier alpha value is -4.13. The first kappa shape index (κ1) is 31.3. The lowest BCUT2D eigenvalue weighted by Crippen LogP contribution is -2.43. The van der Waals surface area contributed by atoms with E-state index in [1.165, 1.54) is 22.3 Å². The van der Waals surface area contributed by atoms with E-state index in [4.69, 9.17) is 10.7 Å². The number of aromatic nitrogens is 2. The molecule has 3 N–H and O–H groups in total. The van der Waals surface area contributed by atoms with Gasteiger partial charge >= 0.3 is 0 Å². The zero-order valence-corrected chi connectivity index (χ0v) is 27.4. The van der Waals surface area contributed by atoms with Crippen molar-refractivity contribution in [2.75, 3.05) is 32.7 Å². The van der Waals surface area contributed by atoms with Crippen LogP contribution in [0, 0.1) is 13.8 Å². The highest BCUT2D eigenvalue weighted by molar-refractivity contribution is 5.94. The number of aryl methyl sites for hydroxylation is 2. The van der Waals surface area contributed by atoms with Gasteiger partial charge in [0.05, 0.1) is 11.1 Å². The second-order valence-electron chi connectivity index (χ2n) is 13.0. The third-order valence-corrected chi connectivity index (χ3v) is 9.37. The molecule has 4 aromatic rings. The van der Waals surface area contributed by atoms with Crippen LogP contribution in [0.1, 0.15) is 80.7 Å². The topological polar surface area (TPSA) is 90.6 Å². The Labute approximate surface area is 262 Å². The second-order valence-corrected chi connectivity index (χ2v) is 13.0. The number of likely N-dealkylation sites (tertiary alicyclic amines) is 1. The number of carbonyl (C=O) groups is 1. The van der Waals surface area contributed by atoms with E-state index < -0.39 is 5.41 Å². The number of likely N-dealkylation sites (N-methyl/N-ethyl adjacent to an activating group) is 1. The fourth-order valence-electron chi connectivity index (χ4n) is 6.79. The van der Waals surface area contributed by atoms with E-state index in [2.05, 4.69) is 84.2 Å². The molecule has 5 rings (SSSR count). The van der Waals surface area contributed by atoms with Crippen LogP contribution < -0.4 is 5.73 Å². The Kier molecular flexibility index (Phi) is 9.14. The van der Waals surface area contributed by atoms with E-state index in [1.807, 2.05) is 45.0 Å². The molecule has 3 heterocycles. The van der Waals surface area contributed by atoms with Crippen molar-refractivity contribution < 1.29 is 4.79 Å². The molecule has 2 atom stereocenters. The maximum Gasteiger partial charge on any atom is 0.232 e. The lowest BCUT2D eigenvalue weighted by molar-refractivity contribution is -0.135. The summed E-state index contributed by atoms with van der Waals surface area (Å²) < 4.78 is 0. The Morgan fingerprint density at radius 2 is 1.77 bits per heavy atom. The summed E-state index contributed by atoms with van der Waals surface area (Å²) in [5.74, 6) is 1.28. The fourth-order valence-corrected chi connectivity index (χ4v) is 6.79. The molecule has 44 heavy (non-hydrogen) atoms. The first-order valence-electron chi connectivity index (χ1n) is 16.0. The van der Waals surface area contributed by atoms with Gasteiger partial charge in [-0.1, -0.05) is 30.2 Å². The van der Waals surface area contributed by atoms with Crippen molar-refractivity contribution in [3.8, 4) is 11.3 Å². The summed E-state index contributed by atoms with van der Waals surface area (Å²) >= 11 is 0. The van der Waals surface area contributed by atoms with Crippen LogP contribution in [0.15, 0.2) is 65.9 Å². The molecule has 232 valence electrons. The van der Waals surface area contributed by atoms with Crippen LogP contribution >= 0.6 is 0 Å². The van der Waals surface area contributed by atoms with Gasteiger partial charge in [-0.3, -0.25) is 14.8 Å². The van der Waals surface area contributed by atoms with Crippen molar-refractivity contribution in [1.29, 1.82) is 0 Å². The normalized spacial score (nSPS) is 16.5. The number of hydrogen-bond donors (Lipinski definition) is 2. The molecule has 1 aliphatic heterocycles.